The van der Waals surface area contributed by atoms with E-state index in [-0.39, 0.29) is 6.61 Å². The monoisotopic (exact) mass is 224 g/mol. The van der Waals surface area contributed by atoms with Crippen molar-refractivity contribution in [1.29, 1.82) is 0 Å². The maximum Gasteiger partial charge on any atom is 0.316 e. The Kier molecular flexibility index (Phi) is 4.60. The zero-order valence-electron chi connectivity index (χ0n) is 9.19. The lowest BCUT2D eigenvalue weighted by Gasteiger charge is -2.12. The van der Waals surface area contributed by atoms with Crippen LogP contribution in [-0.2, 0) is 6.61 Å². The molecule has 1 rings (SSSR count). The van der Waals surface area contributed by atoms with Crippen LogP contribution in [0.5, 0.6) is 5.75 Å². The standard InChI is InChI=1S/C11H16N2O3/c1-2-5-16-10-4-3-8(7-14)6-9(10)13-11(12)15/h3-4,6,14H,2,5,7H2,1H3,(H3,12,13,15). The zero-order chi connectivity index (χ0) is 12.0. The van der Waals surface area contributed by atoms with Crippen LogP contribution in [0, 0.1) is 0 Å². The van der Waals surface area contributed by atoms with Crippen LogP contribution in [0.25, 0.3) is 0 Å². The van der Waals surface area contributed by atoms with Crippen molar-refractivity contribution in [1.82, 2.24) is 0 Å². The van der Waals surface area contributed by atoms with Gasteiger partial charge in [-0.15, -0.1) is 0 Å². The molecule has 0 atom stereocenters. The first-order valence-corrected chi connectivity index (χ1v) is 5.10. The third-order valence-electron chi connectivity index (χ3n) is 1.95. The molecule has 2 amide bonds. The largest absolute Gasteiger partial charge is 0.491 e. The maximum absolute atomic E-state index is 10.8. The molecule has 0 aliphatic heterocycles. The number of aliphatic hydroxyl groups is 1. The van der Waals surface area contributed by atoms with Gasteiger partial charge in [-0.25, -0.2) is 4.79 Å². The Labute approximate surface area is 94.2 Å². The number of carbonyl (C=O) groups excluding carboxylic acids is 1. The van der Waals surface area contributed by atoms with Gasteiger partial charge in [-0.05, 0) is 24.1 Å². The van der Waals surface area contributed by atoms with Crippen LogP contribution in [0.2, 0.25) is 0 Å². The Morgan fingerprint density at radius 2 is 2.31 bits per heavy atom. The molecule has 1 aromatic carbocycles. The van der Waals surface area contributed by atoms with Crippen molar-refractivity contribution in [3.63, 3.8) is 0 Å². The Bertz CT molecular complexity index is 366. The van der Waals surface area contributed by atoms with Gasteiger partial charge in [0.25, 0.3) is 0 Å². The Morgan fingerprint density at radius 3 is 2.88 bits per heavy atom. The molecule has 16 heavy (non-hydrogen) atoms. The van der Waals surface area contributed by atoms with E-state index in [0.717, 1.165) is 6.42 Å². The molecule has 0 aliphatic carbocycles. The summed E-state index contributed by atoms with van der Waals surface area (Å²) in [6.07, 6.45) is 0.873. The van der Waals surface area contributed by atoms with E-state index < -0.39 is 6.03 Å². The first-order valence-electron chi connectivity index (χ1n) is 5.10. The minimum Gasteiger partial charge on any atom is -0.491 e. The van der Waals surface area contributed by atoms with Gasteiger partial charge in [0.1, 0.15) is 5.75 Å². The van der Waals surface area contributed by atoms with Crippen LogP contribution in [0.3, 0.4) is 0 Å². The van der Waals surface area contributed by atoms with Gasteiger partial charge in [0, 0.05) is 0 Å². The van der Waals surface area contributed by atoms with E-state index >= 15 is 0 Å². The molecule has 0 saturated heterocycles. The maximum atomic E-state index is 10.8. The highest BCUT2D eigenvalue weighted by atomic mass is 16.5. The lowest BCUT2D eigenvalue weighted by molar-refractivity contribution is 0.259. The summed E-state index contributed by atoms with van der Waals surface area (Å²) >= 11 is 0. The van der Waals surface area contributed by atoms with Crippen molar-refractivity contribution < 1.29 is 14.6 Å². The topological polar surface area (TPSA) is 84.6 Å². The summed E-state index contributed by atoms with van der Waals surface area (Å²) in [5.41, 5.74) is 6.21. The van der Waals surface area contributed by atoms with Gasteiger partial charge in [-0.2, -0.15) is 0 Å². The van der Waals surface area contributed by atoms with Crippen LogP contribution >= 0.6 is 0 Å². The number of benzene rings is 1. The van der Waals surface area contributed by atoms with Crippen molar-refractivity contribution in [2.75, 3.05) is 11.9 Å². The van der Waals surface area contributed by atoms with Crippen LogP contribution in [-0.4, -0.2) is 17.7 Å². The predicted octanol–water partition coefficient (Wildman–Crippen LogP) is 1.46. The SMILES string of the molecule is CCCOc1ccc(CO)cc1NC(N)=O. The predicted molar refractivity (Wildman–Crippen MR) is 61.4 cm³/mol. The molecule has 0 radical (unpaired) electrons. The second-order valence-electron chi connectivity index (χ2n) is 3.33. The molecule has 5 heteroatoms. The summed E-state index contributed by atoms with van der Waals surface area (Å²) in [5.74, 6) is 0.554. The Hall–Kier alpha value is -1.75. The second kappa shape index (κ2) is 5.97. The van der Waals surface area contributed by atoms with Gasteiger partial charge in [0.2, 0.25) is 0 Å². The third kappa shape index (κ3) is 3.43. The Morgan fingerprint density at radius 1 is 1.56 bits per heavy atom. The third-order valence-corrected chi connectivity index (χ3v) is 1.95. The first kappa shape index (κ1) is 12.3. The Balaban J connectivity index is 2.91. The number of amides is 2. The highest BCUT2D eigenvalue weighted by Crippen LogP contribution is 2.25. The first-order chi connectivity index (χ1) is 7.67. The summed E-state index contributed by atoms with van der Waals surface area (Å²) < 4.78 is 5.43. The molecule has 5 nitrogen and oxygen atoms in total. The van der Waals surface area contributed by atoms with Crippen molar-refractivity contribution in [2.24, 2.45) is 5.73 Å². The van der Waals surface area contributed by atoms with Crippen LogP contribution in [0.1, 0.15) is 18.9 Å². The fourth-order valence-corrected chi connectivity index (χ4v) is 1.24. The summed E-state index contributed by atoms with van der Waals surface area (Å²) in [5, 5.41) is 11.4. The van der Waals surface area contributed by atoms with E-state index in [1.54, 1.807) is 18.2 Å². The lowest BCUT2D eigenvalue weighted by Crippen LogP contribution is -2.20. The van der Waals surface area contributed by atoms with Crippen molar-refractivity contribution in [3.05, 3.63) is 23.8 Å². The van der Waals surface area contributed by atoms with Gasteiger partial charge in [-0.1, -0.05) is 13.0 Å². The van der Waals surface area contributed by atoms with Crippen LogP contribution in [0.15, 0.2) is 18.2 Å². The van der Waals surface area contributed by atoms with Crippen molar-refractivity contribution in [3.8, 4) is 5.75 Å². The van der Waals surface area contributed by atoms with Crippen LogP contribution in [0.4, 0.5) is 10.5 Å². The molecule has 0 bridgehead atoms. The number of aliphatic hydroxyl groups excluding tert-OH is 1. The number of rotatable bonds is 5. The van der Waals surface area contributed by atoms with Crippen molar-refractivity contribution in [2.45, 2.75) is 20.0 Å². The average Bonchev–Trinajstić information content (AvgIpc) is 2.26. The van der Waals surface area contributed by atoms with Crippen LogP contribution < -0.4 is 15.8 Å². The molecular formula is C11H16N2O3. The molecule has 0 fully saturated rings. The number of ether oxygens (including phenoxy) is 1. The van der Waals surface area contributed by atoms with Gasteiger partial charge in [0.05, 0.1) is 18.9 Å². The van der Waals surface area contributed by atoms with E-state index in [1.165, 1.54) is 0 Å². The minimum atomic E-state index is -0.656. The fraction of sp³-hybridized carbons (Fsp3) is 0.364. The second-order valence-corrected chi connectivity index (χ2v) is 3.33. The molecule has 1 aromatic rings. The van der Waals surface area contributed by atoms with Gasteiger partial charge in [0.15, 0.2) is 0 Å². The molecule has 4 N–H and O–H groups in total. The van der Waals surface area contributed by atoms with Gasteiger partial charge >= 0.3 is 6.03 Å². The normalized spacial score (nSPS) is 9.88. The zero-order valence-corrected chi connectivity index (χ0v) is 9.19. The number of nitrogens with two attached hydrogens (primary N) is 1. The number of anilines is 1. The van der Waals surface area contributed by atoms with Crippen molar-refractivity contribution >= 4 is 11.7 Å². The van der Waals surface area contributed by atoms with E-state index in [4.69, 9.17) is 15.6 Å². The van der Waals surface area contributed by atoms with E-state index in [9.17, 15) is 4.79 Å². The molecule has 0 aromatic heterocycles. The number of nitrogens with one attached hydrogen (secondary N) is 1. The summed E-state index contributed by atoms with van der Waals surface area (Å²) in [4.78, 5) is 10.8. The number of hydrogen-bond acceptors (Lipinski definition) is 3. The molecule has 0 saturated carbocycles. The van der Waals surface area contributed by atoms with E-state index in [0.29, 0.717) is 23.6 Å². The van der Waals surface area contributed by atoms with Gasteiger partial charge < -0.3 is 20.9 Å². The molecule has 0 spiro atoms. The number of primary amides is 1. The lowest BCUT2D eigenvalue weighted by atomic mass is 10.2. The molecule has 0 aliphatic rings. The highest BCUT2D eigenvalue weighted by Gasteiger charge is 2.06. The highest BCUT2D eigenvalue weighted by molar-refractivity contribution is 5.89. The van der Waals surface area contributed by atoms with E-state index in [2.05, 4.69) is 5.32 Å². The quantitative estimate of drug-likeness (QED) is 0.707. The number of carbonyl (C=O) groups is 1. The summed E-state index contributed by atoms with van der Waals surface area (Å²) in [7, 11) is 0. The number of urea groups is 1. The molecule has 0 heterocycles. The van der Waals surface area contributed by atoms with E-state index in [1.807, 2.05) is 6.92 Å². The summed E-state index contributed by atoms with van der Waals surface area (Å²) in [6.45, 7) is 2.46. The average molecular weight is 224 g/mol. The summed E-state index contributed by atoms with van der Waals surface area (Å²) in [6, 6.07) is 4.41. The smallest absolute Gasteiger partial charge is 0.316 e. The number of hydrogen-bond donors (Lipinski definition) is 3. The minimum absolute atomic E-state index is 0.0957. The molecule has 0 unspecified atom stereocenters. The molecule has 88 valence electrons. The fourth-order valence-electron chi connectivity index (χ4n) is 1.24. The van der Waals surface area contributed by atoms with Gasteiger partial charge in [-0.3, -0.25) is 0 Å². The molecular weight excluding hydrogens is 208 g/mol.